The smallest absolute Gasteiger partial charge is 0.328 e. The summed E-state index contributed by atoms with van der Waals surface area (Å²) in [6.45, 7) is 1.78. The Balaban J connectivity index is 2.34. The molecule has 0 aliphatic carbocycles. The number of ether oxygens (including phenoxy) is 1. The Kier molecular flexibility index (Phi) is 4.10. The van der Waals surface area contributed by atoms with E-state index in [1.807, 2.05) is 0 Å². The van der Waals surface area contributed by atoms with Crippen LogP contribution in [0.3, 0.4) is 0 Å². The molecular weight excluding hydrogens is 261 g/mol. The predicted octanol–water partition coefficient (Wildman–Crippen LogP) is 3.42. The van der Waals surface area contributed by atoms with Crippen LogP contribution in [0.1, 0.15) is 11.1 Å². The molecule has 0 saturated heterocycles. The molecule has 0 bridgehead atoms. The van der Waals surface area contributed by atoms with Gasteiger partial charge in [0.15, 0.2) is 0 Å². The number of hydrogen-bond acceptors (Lipinski definition) is 3. The molecule has 1 aromatic carbocycles. The van der Waals surface area contributed by atoms with Crippen molar-refractivity contribution in [3.63, 3.8) is 0 Å². The fourth-order valence-electron chi connectivity index (χ4n) is 1.56. The van der Waals surface area contributed by atoms with E-state index in [4.69, 9.17) is 9.84 Å². The standard InChI is InChI=1S/C15H12FNO3/c1-10-4-6-12(16)9-13(10)20-15-11(3-2-8-17-15)5-7-14(18)19/h2-9H,1H3,(H,18,19)/b7-5+. The number of halogens is 1. The lowest BCUT2D eigenvalue weighted by atomic mass is 10.2. The Labute approximate surface area is 115 Å². The molecule has 0 fully saturated rings. The zero-order valence-corrected chi connectivity index (χ0v) is 10.7. The molecule has 4 nitrogen and oxygen atoms in total. The normalized spacial score (nSPS) is 10.7. The van der Waals surface area contributed by atoms with Gasteiger partial charge in [0.1, 0.15) is 11.6 Å². The van der Waals surface area contributed by atoms with Crippen molar-refractivity contribution in [2.24, 2.45) is 0 Å². The topological polar surface area (TPSA) is 59.4 Å². The summed E-state index contributed by atoms with van der Waals surface area (Å²) in [5, 5.41) is 8.64. The molecule has 20 heavy (non-hydrogen) atoms. The molecule has 102 valence electrons. The van der Waals surface area contributed by atoms with Gasteiger partial charge in [-0.3, -0.25) is 0 Å². The highest BCUT2D eigenvalue weighted by molar-refractivity contribution is 5.85. The zero-order chi connectivity index (χ0) is 14.5. The van der Waals surface area contributed by atoms with E-state index in [0.29, 0.717) is 11.3 Å². The van der Waals surface area contributed by atoms with Crippen molar-refractivity contribution in [2.75, 3.05) is 0 Å². The van der Waals surface area contributed by atoms with E-state index in [-0.39, 0.29) is 5.88 Å². The van der Waals surface area contributed by atoms with Gasteiger partial charge >= 0.3 is 5.97 Å². The van der Waals surface area contributed by atoms with Gasteiger partial charge in [-0.1, -0.05) is 6.07 Å². The van der Waals surface area contributed by atoms with E-state index in [2.05, 4.69) is 4.98 Å². The summed E-state index contributed by atoms with van der Waals surface area (Å²) in [5.74, 6) is -0.918. The summed E-state index contributed by atoms with van der Waals surface area (Å²) in [4.78, 5) is 14.6. The van der Waals surface area contributed by atoms with Gasteiger partial charge in [-0.25, -0.2) is 14.2 Å². The third kappa shape index (κ3) is 3.41. The maximum Gasteiger partial charge on any atom is 0.328 e. The number of carboxylic acid groups (broad SMARTS) is 1. The Morgan fingerprint density at radius 1 is 1.40 bits per heavy atom. The number of carbonyl (C=O) groups is 1. The predicted molar refractivity (Wildman–Crippen MR) is 72.1 cm³/mol. The molecule has 1 heterocycles. The highest BCUT2D eigenvalue weighted by Crippen LogP contribution is 2.27. The van der Waals surface area contributed by atoms with Crippen LogP contribution in [0.2, 0.25) is 0 Å². The highest BCUT2D eigenvalue weighted by Gasteiger charge is 2.07. The van der Waals surface area contributed by atoms with Crippen LogP contribution in [-0.4, -0.2) is 16.1 Å². The third-order valence-electron chi connectivity index (χ3n) is 2.56. The van der Waals surface area contributed by atoms with Gasteiger partial charge in [0.2, 0.25) is 5.88 Å². The zero-order valence-electron chi connectivity index (χ0n) is 10.7. The minimum atomic E-state index is -1.07. The van der Waals surface area contributed by atoms with E-state index >= 15 is 0 Å². The second-order valence-corrected chi connectivity index (χ2v) is 4.08. The molecule has 1 aromatic heterocycles. The Bertz CT molecular complexity index is 668. The number of aryl methyl sites for hydroxylation is 1. The Hall–Kier alpha value is -2.69. The third-order valence-corrected chi connectivity index (χ3v) is 2.56. The average molecular weight is 273 g/mol. The molecule has 0 radical (unpaired) electrons. The van der Waals surface area contributed by atoms with Crippen molar-refractivity contribution < 1.29 is 19.0 Å². The van der Waals surface area contributed by atoms with Crippen molar-refractivity contribution >= 4 is 12.0 Å². The molecule has 2 rings (SSSR count). The lowest BCUT2D eigenvalue weighted by Crippen LogP contribution is -1.94. The Morgan fingerprint density at radius 3 is 2.95 bits per heavy atom. The van der Waals surface area contributed by atoms with E-state index in [1.165, 1.54) is 24.4 Å². The number of carboxylic acids is 1. The fourth-order valence-corrected chi connectivity index (χ4v) is 1.56. The summed E-state index contributed by atoms with van der Waals surface area (Å²) in [6.07, 6.45) is 3.88. The highest BCUT2D eigenvalue weighted by atomic mass is 19.1. The minimum absolute atomic E-state index is 0.221. The molecule has 5 heteroatoms. The molecule has 1 N–H and O–H groups in total. The van der Waals surface area contributed by atoms with Crippen molar-refractivity contribution in [1.29, 1.82) is 0 Å². The van der Waals surface area contributed by atoms with E-state index in [1.54, 1.807) is 25.1 Å². The van der Waals surface area contributed by atoms with Crippen LogP contribution in [0, 0.1) is 12.7 Å². The molecule has 2 aromatic rings. The van der Waals surface area contributed by atoms with E-state index in [9.17, 15) is 9.18 Å². The minimum Gasteiger partial charge on any atom is -0.478 e. The summed E-state index contributed by atoms with van der Waals surface area (Å²) in [5.41, 5.74) is 1.25. The van der Waals surface area contributed by atoms with Crippen LogP contribution in [0.15, 0.2) is 42.6 Å². The van der Waals surface area contributed by atoms with Gasteiger partial charge in [0, 0.05) is 23.9 Å². The summed E-state index contributed by atoms with van der Waals surface area (Å²) < 4.78 is 18.8. The van der Waals surface area contributed by atoms with E-state index < -0.39 is 11.8 Å². The summed E-state index contributed by atoms with van der Waals surface area (Å²) in [7, 11) is 0. The number of pyridine rings is 1. The van der Waals surface area contributed by atoms with Crippen LogP contribution < -0.4 is 4.74 Å². The van der Waals surface area contributed by atoms with Crippen LogP contribution in [-0.2, 0) is 4.79 Å². The van der Waals surface area contributed by atoms with Crippen molar-refractivity contribution in [1.82, 2.24) is 4.98 Å². The summed E-state index contributed by atoms with van der Waals surface area (Å²) in [6, 6.07) is 7.52. The molecule has 0 amide bonds. The van der Waals surface area contributed by atoms with Gasteiger partial charge in [-0.15, -0.1) is 0 Å². The first-order chi connectivity index (χ1) is 9.56. The second-order valence-electron chi connectivity index (χ2n) is 4.08. The Morgan fingerprint density at radius 2 is 2.20 bits per heavy atom. The number of nitrogens with zero attached hydrogens (tertiary/aromatic N) is 1. The van der Waals surface area contributed by atoms with Crippen LogP contribution in [0.25, 0.3) is 6.08 Å². The van der Waals surface area contributed by atoms with Crippen molar-refractivity contribution in [3.8, 4) is 11.6 Å². The van der Waals surface area contributed by atoms with Crippen LogP contribution in [0.5, 0.6) is 11.6 Å². The van der Waals surface area contributed by atoms with Crippen molar-refractivity contribution in [3.05, 3.63) is 59.5 Å². The lowest BCUT2D eigenvalue weighted by Gasteiger charge is -2.09. The maximum absolute atomic E-state index is 13.2. The molecule has 0 spiro atoms. The quantitative estimate of drug-likeness (QED) is 0.867. The van der Waals surface area contributed by atoms with Crippen LogP contribution in [0.4, 0.5) is 4.39 Å². The number of aromatic nitrogens is 1. The first-order valence-electron chi connectivity index (χ1n) is 5.86. The van der Waals surface area contributed by atoms with Crippen LogP contribution >= 0.6 is 0 Å². The molecule has 0 unspecified atom stereocenters. The number of benzene rings is 1. The van der Waals surface area contributed by atoms with Gasteiger partial charge in [-0.05, 0) is 36.8 Å². The van der Waals surface area contributed by atoms with Gasteiger partial charge in [0.25, 0.3) is 0 Å². The summed E-state index contributed by atoms with van der Waals surface area (Å²) >= 11 is 0. The fraction of sp³-hybridized carbons (Fsp3) is 0.0667. The van der Waals surface area contributed by atoms with Gasteiger partial charge in [-0.2, -0.15) is 0 Å². The number of aliphatic carboxylic acids is 1. The largest absolute Gasteiger partial charge is 0.478 e. The number of hydrogen-bond donors (Lipinski definition) is 1. The van der Waals surface area contributed by atoms with Gasteiger partial charge < -0.3 is 9.84 Å². The molecule has 0 aliphatic rings. The van der Waals surface area contributed by atoms with Gasteiger partial charge in [0.05, 0.1) is 0 Å². The number of rotatable bonds is 4. The maximum atomic E-state index is 13.2. The molecule has 0 saturated carbocycles. The SMILES string of the molecule is Cc1ccc(F)cc1Oc1ncccc1/C=C/C(=O)O. The first kappa shape index (κ1) is 13.7. The first-order valence-corrected chi connectivity index (χ1v) is 5.86. The van der Waals surface area contributed by atoms with E-state index in [0.717, 1.165) is 11.6 Å². The lowest BCUT2D eigenvalue weighted by molar-refractivity contribution is -0.131. The molecular formula is C15H12FNO3. The molecule has 0 atom stereocenters. The second kappa shape index (κ2) is 5.97. The van der Waals surface area contributed by atoms with Crippen molar-refractivity contribution in [2.45, 2.75) is 6.92 Å². The molecule has 0 aliphatic heterocycles. The monoisotopic (exact) mass is 273 g/mol. The average Bonchev–Trinajstić information content (AvgIpc) is 2.42.